The lowest BCUT2D eigenvalue weighted by molar-refractivity contribution is 0.767. The van der Waals surface area contributed by atoms with Crippen LogP contribution in [0.1, 0.15) is 0 Å². The second-order valence-corrected chi connectivity index (χ2v) is 3.52. The fourth-order valence-electron chi connectivity index (χ4n) is 1.71. The number of aromatic nitrogens is 5. The minimum Gasteiger partial charge on any atom is -0.369 e. The number of rotatable bonds is 1. The van der Waals surface area contributed by atoms with Crippen molar-refractivity contribution in [3.8, 4) is 5.69 Å². The molecule has 0 radical (unpaired) electrons. The molecule has 0 aromatic carbocycles. The van der Waals surface area contributed by atoms with Crippen molar-refractivity contribution in [2.45, 2.75) is 0 Å². The van der Waals surface area contributed by atoms with E-state index >= 15 is 0 Å². The Bertz CT molecular complexity index is 650. The van der Waals surface area contributed by atoms with E-state index in [1.165, 1.54) is 0 Å². The van der Waals surface area contributed by atoms with Crippen LogP contribution in [0.5, 0.6) is 0 Å². The lowest BCUT2D eigenvalue weighted by Gasteiger charge is -2.00. The quantitative estimate of drug-likeness (QED) is 0.648. The third-order valence-corrected chi connectivity index (χ3v) is 2.39. The van der Waals surface area contributed by atoms with E-state index < -0.39 is 0 Å². The number of pyridine rings is 1. The second-order valence-electron chi connectivity index (χ2n) is 3.52. The van der Waals surface area contributed by atoms with Gasteiger partial charge >= 0.3 is 0 Å². The maximum absolute atomic E-state index is 5.87. The number of nitrogens with zero attached hydrogens (tertiary/aromatic N) is 5. The lowest BCUT2D eigenvalue weighted by atomic mass is 10.4. The molecule has 0 aliphatic carbocycles. The molecule has 0 spiro atoms. The van der Waals surface area contributed by atoms with E-state index in [0.29, 0.717) is 5.95 Å². The number of hydrogen-bond acceptors (Lipinski definition) is 4. The van der Waals surface area contributed by atoms with E-state index in [9.17, 15) is 0 Å². The zero-order chi connectivity index (χ0) is 11.1. The Labute approximate surface area is 91.3 Å². The fraction of sp³-hybridized carbons (Fsp3) is 0.100. The normalized spacial score (nSPS) is 11.1. The summed E-state index contributed by atoms with van der Waals surface area (Å²) in [5, 5.41) is 4.11. The molecule has 3 aromatic heterocycles. The molecule has 0 amide bonds. The van der Waals surface area contributed by atoms with Crippen LogP contribution in [-0.2, 0) is 7.05 Å². The van der Waals surface area contributed by atoms with Crippen LogP contribution in [0.3, 0.4) is 0 Å². The predicted octanol–water partition coefficient (Wildman–Crippen LogP) is 0.736. The molecular formula is C10H10N6. The fourth-order valence-corrected chi connectivity index (χ4v) is 1.71. The zero-order valence-electron chi connectivity index (χ0n) is 8.70. The summed E-state index contributed by atoms with van der Waals surface area (Å²) >= 11 is 0. The summed E-state index contributed by atoms with van der Waals surface area (Å²) in [6.07, 6.45) is 5.31. The Morgan fingerprint density at radius 2 is 2.25 bits per heavy atom. The number of nitrogen functional groups attached to an aromatic ring is 1. The van der Waals surface area contributed by atoms with Gasteiger partial charge in [-0.3, -0.25) is 9.25 Å². The summed E-state index contributed by atoms with van der Waals surface area (Å²) in [7, 11) is 1.85. The molecule has 0 bridgehead atoms. The molecule has 3 aromatic rings. The SMILES string of the molecule is Cn1cc(-n2c(N)nc3cccnc32)cn1. The van der Waals surface area contributed by atoms with Crippen molar-refractivity contribution in [2.75, 3.05) is 5.73 Å². The topological polar surface area (TPSA) is 74.5 Å². The van der Waals surface area contributed by atoms with Gasteiger partial charge in [-0.2, -0.15) is 5.10 Å². The standard InChI is InChI=1S/C10H10N6/c1-15-6-7(5-13-15)16-9-8(14-10(16)11)3-2-4-12-9/h2-6H,1H3,(H2,11,14). The molecule has 0 saturated heterocycles. The van der Waals surface area contributed by atoms with Gasteiger partial charge in [0.05, 0.1) is 11.9 Å². The van der Waals surface area contributed by atoms with Gasteiger partial charge in [-0.15, -0.1) is 0 Å². The summed E-state index contributed by atoms with van der Waals surface area (Å²) in [6.45, 7) is 0. The molecule has 0 aliphatic heterocycles. The number of nitrogens with two attached hydrogens (primary N) is 1. The zero-order valence-corrected chi connectivity index (χ0v) is 8.70. The van der Waals surface area contributed by atoms with Crippen LogP contribution in [0.25, 0.3) is 16.9 Å². The molecule has 0 fully saturated rings. The summed E-state index contributed by atoms with van der Waals surface area (Å²) in [4.78, 5) is 8.51. The van der Waals surface area contributed by atoms with E-state index in [1.807, 2.05) is 25.4 Å². The highest BCUT2D eigenvalue weighted by molar-refractivity contribution is 5.76. The third-order valence-electron chi connectivity index (χ3n) is 2.39. The number of imidazole rings is 1. The first-order chi connectivity index (χ1) is 7.75. The van der Waals surface area contributed by atoms with Gasteiger partial charge in [0, 0.05) is 19.4 Å². The number of aryl methyl sites for hydroxylation is 1. The van der Waals surface area contributed by atoms with E-state index in [-0.39, 0.29) is 0 Å². The monoisotopic (exact) mass is 214 g/mol. The highest BCUT2D eigenvalue weighted by Gasteiger charge is 2.11. The maximum Gasteiger partial charge on any atom is 0.207 e. The van der Waals surface area contributed by atoms with Crippen LogP contribution < -0.4 is 5.73 Å². The third kappa shape index (κ3) is 1.16. The molecule has 0 aliphatic rings. The summed E-state index contributed by atoms with van der Waals surface area (Å²) in [5.41, 5.74) is 8.26. The van der Waals surface area contributed by atoms with Gasteiger partial charge in [-0.05, 0) is 12.1 Å². The molecule has 2 N–H and O–H groups in total. The van der Waals surface area contributed by atoms with Crippen LogP contribution in [0.2, 0.25) is 0 Å². The summed E-state index contributed by atoms with van der Waals surface area (Å²) in [5.74, 6) is 0.418. The van der Waals surface area contributed by atoms with Crippen molar-refractivity contribution in [1.29, 1.82) is 0 Å². The van der Waals surface area contributed by atoms with Crippen LogP contribution >= 0.6 is 0 Å². The van der Waals surface area contributed by atoms with Crippen molar-refractivity contribution in [3.63, 3.8) is 0 Å². The van der Waals surface area contributed by atoms with Crippen molar-refractivity contribution >= 4 is 17.1 Å². The minimum absolute atomic E-state index is 0.418. The van der Waals surface area contributed by atoms with Crippen LogP contribution in [0.15, 0.2) is 30.7 Å². The Kier molecular flexibility index (Phi) is 1.70. The minimum atomic E-state index is 0.418. The predicted molar refractivity (Wildman–Crippen MR) is 60.0 cm³/mol. The molecule has 3 heterocycles. The summed E-state index contributed by atoms with van der Waals surface area (Å²) in [6, 6.07) is 3.72. The van der Waals surface area contributed by atoms with Crippen molar-refractivity contribution in [2.24, 2.45) is 7.05 Å². The van der Waals surface area contributed by atoms with Gasteiger partial charge in [0.25, 0.3) is 0 Å². The maximum atomic E-state index is 5.87. The Morgan fingerprint density at radius 1 is 1.38 bits per heavy atom. The molecular weight excluding hydrogens is 204 g/mol. The van der Waals surface area contributed by atoms with Gasteiger partial charge in [0.1, 0.15) is 5.52 Å². The number of fused-ring (bicyclic) bond motifs is 1. The van der Waals surface area contributed by atoms with Crippen LogP contribution in [-0.4, -0.2) is 24.3 Å². The van der Waals surface area contributed by atoms with Crippen molar-refractivity contribution in [3.05, 3.63) is 30.7 Å². The second kappa shape index (κ2) is 3.06. The molecule has 0 saturated carbocycles. The molecule has 0 unspecified atom stereocenters. The van der Waals surface area contributed by atoms with Crippen LogP contribution in [0, 0.1) is 0 Å². The largest absolute Gasteiger partial charge is 0.369 e. The van der Waals surface area contributed by atoms with Gasteiger partial charge in [-0.25, -0.2) is 9.97 Å². The van der Waals surface area contributed by atoms with Gasteiger partial charge in [0.2, 0.25) is 5.95 Å². The van der Waals surface area contributed by atoms with Gasteiger partial charge < -0.3 is 5.73 Å². The van der Waals surface area contributed by atoms with Crippen LogP contribution in [0.4, 0.5) is 5.95 Å². The number of anilines is 1. The lowest BCUT2D eigenvalue weighted by Crippen LogP contribution is -2.00. The number of hydrogen-bond donors (Lipinski definition) is 1. The molecule has 6 nitrogen and oxygen atoms in total. The van der Waals surface area contributed by atoms with Gasteiger partial charge in [-0.1, -0.05) is 0 Å². The summed E-state index contributed by atoms with van der Waals surface area (Å²) < 4.78 is 3.49. The first-order valence-electron chi connectivity index (χ1n) is 4.83. The van der Waals surface area contributed by atoms with E-state index in [4.69, 9.17) is 5.73 Å². The molecule has 80 valence electrons. The van der Waals surface area contributed by atoms with E-state index in [0.717, 1.165) is 16.9 Å². The van der Waals surface area contributed by atoms with E-state index in [2.05, 4.69) is 15.1 Å². The Hall–Kier alpha value is -2.37. The molecule has 16 heavy (non-hydrogen) atoms. The van der Waals surface area contributed by atoms with Crippen molar-refractivity contribution < 1.29 is 0 Å². The van der Waals surface area contributed by atoms with E-state index in [1.54, 1.807) is 21.6 Å². The van der Waals surface area contributed by atoms with Crippen molar-refractivity contribution in [1.82, 2.24) is 24.3 Å². The Morgan fingerprint density at radius 3 is 3.00 bits per heavy atom. The highest BCUT2D eigenvalue weighted by atomic mass is 15.3. The van der Waals surface area contributed by atoms with Gasteiger partial charge in [0.15, 0.2) is 5.65 Å². The molecule has 3 rings (SSSR count). The molecule has 6 heteroatoms. The first kappa shape index (κ1) is 8.90. The molecule has 0 atom stereocenters. The Balaban J connectivity index is 2.34. The highest BCUT2D eigenvalue weighted by Crippen LogP contribution is 2.20. The average Bonchev–Trinajstić information content (AvgIpc) is 2.80. The first-order valence-corrected chi connectivity index (χ1v) is 4.83. The average molecular weight is 214 g/mol. The smallest absolute Gasteiger partial charge is 0.207 e.